The molecule has 0 radical (unpaired) electrons. The smallest absolute Gasteiger partial charge is 0.270 e. The van der Waals surface area contributed by atoms with E-state index in [2.05, 4.69) is 21.4 Å². The van der Waals surface area contributed by atoms with E-state index in [0.29, 0.717) is 34.2 Å². The lowest BCUT2D eigenvalue weighted by Crippen LogP contribution is -2.45. The molecule has 0 saturated carbocycles. The van der Waals surface area contributed by atoms with Crippen molar-refractivity contribution in [3.8, 4) is 28.5 Å². The molecule has 0 atom stereocenters. The van der Waals surface area contributed by atoms with Crippen molar-refractivity contribution < 1.29 is 4.79 Å². The van der Waals surface area contributed by atoms with Crippen molar-refractivity contribution in [2.45, 2.75) is 26.3 Å². The molecule has 9 heteroatoms. The molecule has 1 aromatic carbocycles. The number of nitrogens with two attached hydrogens (primary N) is 1. The first-order chi connectivity index (χ1) is 15.6. The minimum Gasteiger partial charge on any atom is -0.349 e. The van der Waals surface area contributed by atoms with Crippen molar-refractivity contribution in [2.24, 2.45) is 5.73 Å². The molecule has 4 rings (SSSR count). The molecule has 0 bridgehead atoms. The van der Waals surface area contributed by atoms with Crippen molar-refractivity contribution in [2.75, 3.05) is 6.54 Å². The van der Waals surface area contributed by atoms with Gasteiger partial charge in [-0.2, -0.15) is 10.4 Å². The molecule has 0 unspecified atom stereocenters. The molecular weight excluding hydrogens is 438 g/mol. The summed E-state index contributed by atoms with van der Waals surface area (Å²) in [4.78, 5) is 21.6. The minimum atomic E-state index is -0.550. The first-order valence-corrected chi connectivity index (χ1v) is 10.6. The normalized spacial score (nSPS) is 11.4. The molecule has 0 fully saturated rings. The molecule has 0 saturated heterocycles. The minimum absolute atomic E-state index is 0.238. The number of benzene rings is 1. The van der Waals surface area contributed by atoms with E-state index in [1.54, 1.807) is 41.0 Å². The van der Waals surface area contributed by atoms with Crippen molar-refractivity contribution in [1.82, 2.24) is 24.9 Å². The monoisotopic (exact) mass is 459 g/mol. The molecule has 8 nitrogen and oxygen atoms in total. The van der Waals surface area contributed by atoms with Crippen LogP contribution < -0.4 is 11.1 Å². The maximum Gasteiger partial charge on any atom is 0.270 e. The Morgan fingerprint density at radius 1 is 1.21 bits per heavy atom. The Labute approximate surface area is 196 Å². The van der Waals surface area contributed by atoms with Gasteiger partial charge < -0.3 is 11.1 Å². The lowest BCUT2D eigenvalue weighted by molar-refractivity contribution is 0.0941. The summed E-state index contributed by atoms with van der Waals surface area (Å²) < 4.78 is 1.61. The first-order valence-electron chi connectivity index (χ1n) is 10.3. The summed E-state index contributed by atoms with van der Waals surface area (Å²) in [6, 6.07) is 14.5. The summed E-state index contributed by atoms with van der Waals surface area (Å²) >= 11 is 6.25. The Kier molecular flexibility index (Phi) is 5.85. The first kappa shape index (κ1) is 22.4. The maximum atomic E-state index is 12.7. The van der Waals surface area contributed by atoms with E-state index in [-0.39, 0.29) is 11.6 Å². The number of amides is 1. The van der Waals surface area contributed by atoms with Gasteiger partial charge in [-0.05, 0) is 56.7 Å². The maximum absolute atomic E-state index is 12.7. The molecule has 0 aliphatic rings. The number of nitriles is 1. The van der Waals surface area contributed by atoms with Crippen molar-refractivity contribution in [3.63, 3.8) is 0 Å². The third kappa shape index (κ3) is 4.85. The topological polar surface area (TPSA) is 122 Å². The summed E-state index contributed by atoms with van der Waals surface area (Å²) in [5, 5.41) is 17.2. The number of hydrogen-bond donors (Lipinski definition) is 2. The number of rotatable bonds is 5. The van der Waals surface area contributed by atoms with Gasteiger partial charge in [-0.3, -0.25) is 4.79 Å². The summed E-state index contributed by atoms with van der Waals surface area (Å²) in [6.07, 6.45) is 1.68. The molecule has 33 heavy (non-hydrogen) atoms. The fourth-order valence-corrected chi connectivity index (χ4v) is 3.68. The molecule has 0 aliphatic heterocycles. The molecule has 4 aromatic rings. The number of carbonyl (C=O) groups excluding carboxylic acids is 1. The molecular formula is C24H22ClN7O. The number of aryl methyl sites for hydroxylation is 1. The van der Waals surface area contributed by atoms with Crippen molar-refractivity contribution >= 4 is 23.2 Å². The second kappa shape index (κ2) is 8.62. The van der Waals surface area contributed by atoms with Gasteiger partial charge in [-0.1, -0.05) is 23.7 Å². The van der Waals surface area contributed by atoms with Crippen LogP contribution in [0.2, 0.25) is 5.15 Å². The van der Waals surface area contributed by atoms with Crippen LogP contribution in [0.1, 0.15) is 35.6 Å². The summed E-state index contributed by atoms with van der Waals surface area (Å²) in [6.45, 7) is 5.81. The van der Waals surface area contributed by atoms with Crippen LogP contribution in [0.25, 0.3) is 28.0 Å². The molecule has 0 spiro atoms. The van der Waals surface area contributed by atoms with E-state index in [1.165, 1.54) is 0 Å². The summed E-state index contributed by atoms with van der Waals surface area (Å²) in [5.74, 6) is -0.333. The predicted molar refractivity (Wildman–Crippen MR) is 127 cm³/mol. The van der Waals surface area contributed by atoms with Gasteiger partial charge in [0, 0.05) is 29.5 Å². The van der Waals surface area contributed by atoms with Crippen LogP contribution in [-0.4, -0.2) is 37.6 Å². The highest BCUT2D eigenvalue weighted by Gasteiger charge is 2.21. The van der Waals surface area contributed by atoms with Crippen molar-refractivity contribution in [3.05, 3.63) is 70.8 Å². The average molecular weight is 460 g/mol. The second-order valence-electron chi connectivity index (χ2n) is 8.49. The number of nitrogens with one attached hydrogen (secondary N) is 1. The van der Waals surface area contributed by atoms with Gasteiger partial charge in [-0.15, -0.1) is 0 Å². The highest BCUT2D eigenvalue weighted by molar-refractivity contribution is 6.29. The third-order valence-corrected chi connectivity index (χ3v) is 5.09. The number of hydrogen-bond acceptors (Lipinski definition) is 6. The van der Waals surface area contributed by atoms with E-state index < -0.39 is 5.54 Å². The van der Waals surface area contributed by atoms with Gasteiger partial charge >= 0.3 is 0 Å². The van der Waals surface area contributed by atoms with Gasteiger partial charge in [0.2, 0.25) is 0 Å². The number of nitrogens with zero attached hydrogens (tertiary/aromatic N) is 5. The standard InChI is InChI=1S/C24H22ClN7O/c1-14-9-17(11-19(25)29-14)20-21(16-6-4-5-15(10-16)12-26)31-32-8-7-18(30-22(20)32)23(33)28-13-24(2,3)27/h4-11H,13,27H2,1-3H3,(H,28,33). The average Bonchev–Trinajstić information content (AvgIpc) is 3.15. The lowest BCUT2D eigenvalue weighted by Gasteiger charge is -2.18. The number of carbonyl (C=O) groups is 1. The molecule has 3 aromatic heterocycles. The van der Waals surface area contributed by atoms with Gasteiger partial charge in [0.25, 0.3) is 5.91 Å². The second-order valence-corrected chi connectivity index (χ2v) is 8.88. The zero-order valence-corrected chi connectivity index (χ0v) is 19.2. The molecule has 166 valence electrons. The number of aromatic nitrogens is 4. The predicted octanol–water partition coefficient (Wildman–Crippen LogP) is 3.76. The van der Waals surface area contributed by atoms with Gasteiger partial charge in [0.1, 0.15) is 16.5 Å². The van der Waals surface area contributed by atoms with Gasteiger partial charge in [0.05, 0.1) is 17.2 Å². The zero-order chi connectivity index (χ0) is 23.8. The van der Waals surface area contributed by atoms with E-state index in [4.69, 9.17) is 22.4 Å². The molecule has 3 N–H and O–H groups in total. The Morgan fingerprint density at radius 2 is 2.00 bits per heavy atom. The number of fused-ring (bicyclic) bond motifs is 1. The number of pyridine rings is 1. The van der Waals surface area contributed by atoms with Gasteiger partial charge in [0.15, 0.2) is 5.65 Å². The Bertz CT molecular complexity index is 1390. The Morgan fingerprint density at radius 3 is 2.70 bits per heavy atom. The van der Waals surface area contributed by atoms with Crippen LogP contribution in [0, 0.1) is 18.3 Å². The fraction of sp³-hybridized carbons (Fsp3) is 0.208. The largest absolute Gasteiger partial charge is 0.349 e. The summed E-state index contributed by atoms with van der Waals surface area (Å²) in [5.41, 5.74) is 10.2. The lowest BCUT2D eigenvalue weighted by atomic mass is 10.00. The number of halogens is 1. The molecule has 0 aliphatic carbocycles. The Hall–Kier alpha value is -3.80. The van der Waals surface area contributed by atoms with Crippen LogP contribution in [0.4, 0.5) is 0 Å². The quantitative estimate of drug-likeness (QED) is 0.438. The van der Waals surface area contributed by atoms with Crippen LogP contribution in [0.5, 0.6) is 0 Å². The Balaban J connectivity index is 1.92. The van der Waals surface area contributed by atoms with Crippen LogP contribution in [0.3, 0.4) is 0 Å². The third-order valence-electron chi connectivity index (χ3n) is 4.90. The summed E-state index contributed by atoms with van der Waals surface area (Å²) in [7, 11) is 0. The van der Waals surface area contributed by atoms with E-state index in [0.717, 1.165) is 16.8 Å². The van der Waals surface area contributed by atoms with Crippen LogP contribution in [0.15, 0.2) is 48.7 Å². The van der Waals surface area contributed by atoms with E-state index in [9.17, 15) is 10.1 Å². The highest BCUT2D eigenvalue weighted by Crippen LogP contribution is 2.35. The van der Waals surface area contributed by atoms with Gasteiger partial charge in [-0.25, -0.2) is 14.5 Å². The highest BCUT2D eigenvalue weighted by atomic mass is 35.5. The van der Waals surface area contributed by atoms with Crippen LogP contribution >= 0.6 is 11.6 Å². The van der Waals surface area contributed by atoms with Crippen LogP contribution in [-0.2, 0) is 0 Å². The van der Waals surface area contributed by atoms with E-state index >= 15 is 0 Å². The van der Waals surface area contributed by atoms with Crippen molar-refractivity contribution in [1.29, 1.82) is 5.26 Å². The zero-order valence-electron chi connectivity index (χ0n) is 18.4. The molecule has 3 heterocycles. The fourth-order valence-electron chi connectivity index (χ4n) is 3.43. The molecule has 1 amide bonds. The SMILES string of the molecule is Cc1cc(-c2c(-c3cccc(C#N)c3)nn3ccc(C(=O)NCC(C)(C)N)nc23)cc(Cl)n1. The van der Waals surface area contributed by atoms with E-state index in [1.807, 2.05) is 32.9 Å².